The molecule has 1 aromatic rings. The molecule has 0 radical (unpaired) electrons. The number of hydrogen-bond donors (Lipinski definition) is 2. The first kappa shape index (κ1) is 21.6. The molecule has 0 bridgehead atoms. The highest BCUT2D eigenvalue weighted by Gasteiger charge is 2.40. The number of piperidine rings is 1. The number of benzene rings is 1. The molecule has 1 amide bonds. The number of carbonyl (C=O) groups is 1. The fourth-order valence-electron chi connectivity index (χ4n) is 2.99. The number of carbonyl (C=O) groups excluding carboxylic acids is 1. The zero-order valence-electron chi connectivity index (χ0n) is 14.4. The molecule has 1 aliphatic rings. The number of amides is 1. The molecule has 2 rings (SSSR count). The average molecular weight is 379 g/mol. The quantitative estimate of drug-likeness (QED) is 0.766. The lowest BCUT2D eigenvalue weighted by Gasteiger charge is -2.36. The first-order chi connectivity index (χ1) is 11.5. The molecule has 1 aromatic carbocycles. The summed E-state index contributed by atoms with van der Waals surface area (Å²) >= 11 is 0. The number of halogens is 3. The van der Waals surface area contributed by atoms with E-state index in [1.54, 1.807) is 19.2 Å². The molecule has 1 saturated heterocycles. The molecule has 142 valence electrons. The van der Waals surface area contributed by atoms with Gasteiger partial charge in [0.1, 0.15) is 5.75 Å². The van der Waals surface area contributed by atoms with Crippen molar-refractivity contribution in [3.63, 3.8) is 0 Å². The van der Waals surface area contributed by atoms with Gasteiger partial charge >= 0.3 is 6.61 Å². The molecule has 0 aliphatic carbocycles. The largest absolute Gasteiger partial charge is 0.435 e. The molecule has 25 heavy (non-hydrogen) atoms. The Morgan fingerprint density at radius 2 is 1.88 bits per heavy atom. The molecule has 0 spiro atoms. The Balaban J connectivity index is 0.00000312. The van der Waals surface area contributed by atoms with Gasteiger partial charge in [-0.1, -0.05) is 12.1 Å². The standard InChI is InChI=1S/C17H24F2N2O3.ClH/c1-12(13-3-5-14(6-4-13)24-16(18)19)21-15(22)17(11-23-2)7-9-20-10-8-17;/h3-6,12,16,20H,7-11H2,1-2H3,(H,21,22);1H. The van der Waals surface area contributed by atoms with Crippen LogP contribution in [0.4, 0.5) is 8.78 Å². The fourth-order valence-corrected chi connectivity index (χ4v) is 2.99. The molecule has 2 N–H and O–H groups in total. The second kappa shape index (κ2) is 9.89. The third-order valence-electron chi connectivity index (χ3n) is 4.42. The molecular weight excluding hydrogens is 354 g/mol. The molecule has 0 aromatic heterocycles. The summed E-state index contributed by atoms with van der Waals surface area (Å²) in [6.07, 6.45) is 1.45. The molecule has 1 aliphatic heterocycles. The summed E-state index contributed by atoms with van der Waals surface area (Å²) in [5.74, 6) is 0.0627. The lowest BCUT2D eigenvalue weighted by molar-refractivity contribution is -0.136. The summed E-state index contributed by atoms with van der Waals surface area (Å²) < 4.78 is 34.0. The maximum absolute atomic E-state index is 12.8. The van der Waals surface area contributed by atoms with Crippen LogP contribution in [0, 0.1) is 5.41 Å². The molecule has 1 heterocycles. The van der Waals surface area contributed by atoms with Crippen molar-refractivity contribution >= 4 is 18.3 Å². The van der Waals surface area contributed by atoms with E-state index in [0.29, 0.717) is 6.61 Å². The minimum absolute atomic E-state index is 0. The van der Waals surface area contributed by atoms with Gasteiger partial charge in [0, 0.05) is 7.11 Å². The summed E-state index contributed by atoms with van der Waals surface area (Å²) in [6, 6.07) is 6.06. The van der Waals surface area contributed by atoms with Crippen molar-refractivity contribution in [2.45, 2.75) is 32.4 Å². The smallest absolute Gasteiger partial charge is 0.387 e. The Labute approximate surface area is 152 Å². The second-order valence-corrected chi connectivity index (χ2v) is 6.11. The maximum atomic E-state index is 12.8. The highest BCUT2D eigenvalue weighted by Crippen LogP contribution is 2.30. The predicted molar refractivity (Wildman–Crippen MR) is 93.3 cm³/mol. The lowest BCUT2D eigenvalue weighted by Crippen LogP contribution is -2.50. The van der Waals surface area contributed by atoms with Gasteiger partial charge < -0.3 is 20.1 Å². The van der Waals surface area contributed by atoms with E-state index in [4.69, 9.17) is 4.74 Å². The Hall–Kier alpha value is -1.44. The molecule has 5 nitrogen and oxygen atoms in total. The number of alkyl halides is 2. The van der Waals surface area contributed by atoms with E-state index in [9.17, 15) is 13.6 Å². The summed E-state index contributed by atoms with van der Waals surface area (Å²) in [6.45, 7) is 0.966. The van der Waals surface area contributed by atoms with Gasteiger partial charge in [0.25, 0.3) is 0 Å². The summed E-state index contributed by atoms with van der Waals surface area (Å²) in [5, 5.41) is 6.26. The number of hydrogen-bond acceptors (Lipinski definition) is 4. The Kier molecular flexibility index (Phi) is 8.55. The summed E-state index contributed by atoms with van der Waals surface area (Å²) in [5.41, 5.74) is 0.305. The van der Waals surface area contributed by atoms with Crippen LogP contribution in [-0.2, 0) is 9.53 Å². The van der Waals surface area contributed by atoms with Gasteiger partial charge in [-0.3, -0.25) is 4.79 Å². The van der Waals surface area contributed by atoms with Crippen molar-refractivity contribution < 1.29 is 23.0 Å². The van der Waals surface area contributed by atoms with E-state index in [2.05, 4.69) is 15.4 Å². The highest BCUT2D eigenvalue weighted by atomic mass is 35.5. The highest BCUT2D eigenvalue weighted by molar-refractivity contribution is 5.85. The van der Waals surface area contributed by atoms with E-state index in [-0.39, 0.29) is 30.1 Å². The van der Waals surface area contributed by atoms with Gasteiger partial charge in [-0.25, -0.2) is 0 Å². The number of rotatable bonds is 7. The molecule has 1 fully saturated rings. The molecule has 1 atom stereocenters. The first-order valence-electron chi connectivity index (χ1n) is 8.02. The molecular formula is C17H25ClF2N2O3. The van der Waals surface area contributed by atoms with E-state index in [0.717, 1.165) is 31.5 Å². The van der Waals surface area contributed by atoms with Crippen LogP contribution in [-0.4, -0.2) is 39.3 Å². The topological polar surface area (TPSA) is 59.6 Å². The SMILES string of the molecule is COCC1(C(=O)NC(C)c2ccc(OC(F)F)cc2)CCNCC1.Cl. The van der Waals surface area contributed by atoms with E-state index < -0.39 is 12.0 Å². The van der Waals surface area contributed by atoms with Crippen molar-refractivity contribution in [1.29, 1.82) is 0 Å². The van der Waals surface area contributed by atoms with Crippen LogP contribution in [0.1, 0.15) is 31.4 Å². The van der Waals surface area contributed by atoms with Gasteiger partial charge in [-0.15, -0.1) is 12.4 Å². The third-order valence-corrected chi connectivity index (χ3v) is 4.42. The second-order valence-electron chi connectivity index (χ2n) is 6.11. The van der Waals surface area contributed by atoms with E-state index in [1.807, 2.05) is 6.92 Å². The Morgan fingerprint density at radius 3 is 2.40 bits per heavy atom. The normalized spacial score (nSPS) is 17.5. The van der Waals surface area contributed by atoms with Crippen LogP contribution in [0.3, 0.4) is 0 Å². The number of methoxy groups -OCH3 is 1. The van der Waals surface area contributed by atoms with Crippen molar-refractivity contribution in [3.8, 4) is 5.75 Å². The van der Waals surface area contributed by atoms with Crippen molar-refractivity contribution in [1.82, 2.24) is 10.6 Å². The first-order valence-corrected chi connectivity index (χ1v) is 8.02. The minimum atomic E-state index is -2.85. The third kappa shape index (κ3) is 5.80. The van der Waals surface area contributed by atoms with Crippen molar-refractivity contribution in [2.24, 2.45) is 5.41 Å². The minimum Gasteiger partial charge on any atom is -0.435 e. The van der Waals surface area contributed by atoms with Crippen LogP contribution in [0.15, 0.2) is 24.3 Å². The van der Waals surface area contributed by atoms with Gasteiger partial charge in [-0.2, -0.15) is 8.78 Å². The molecule has 8 heteroatoms. The lowest BCUT2D eigenvalue weighted by atomic mass is 9.78. The van der Waals surface area contributed by atoms with Crippen LogP contribution in [0.25, 0.3) is 0 Å². The van der Waals surface area contributed by atoms with Crippen LogP contribution in [0.2, 0.25) is 0 Å². The van der Waals surface area contributed by atoms with Gasteiger partial charge in [0.05, 0.1) is 18.1 Å². The Bertz CT molecular complexity index is 532. The zero-order valence-corrected chi connectivity index (χ0v) is 15.2. The van der Waals surface area contributed by atoms with Gasteiger partial charge in [-0.05, 0) is 50.6 Å². The fraction of sp³-hybridized carbons (Fsp3) is 0.588. The monoisotopic (exact) mass is 378 g/mol. The predicted octanol–water partition coefficient (Wildman–Crippen LogP) is 2.90. The van der Waals surface area contributed by atoms with E-state index in [1.165, 1.54) is 12.1 Å². The van der Waals surface area contributed by atoms with Crippen molar-refractivity contribution in [3.05, 3.63) is 29.8 Å². The van der Waals surface area contributed by atoms with E-state index >= 15 is 0 Å². The maximum Gasteiger partial charge on any atom is 0.387 e. The van der Waals surface area contributed by atoms with Crippen LogP contribution in [0.5, 0.6) is 5.75 Å². The molecule has 1 unspecified atom stereocenters. The summed E-state index contributed by atoms with van der Waals surface area (Å²) in [4.78, 5) is 12.8. The van der Waals surface area contributed by atoms with Crippen LogP contribution < -0.4 is 15.4 Å². The molecule has 0 saturated carbocycles. The average Bonchev–Trinajstić information content (AvgIpc) is 2.56. The summed E-state index contributed by atoms with van der Waals surface area (Å²) in [7, 11) is 1.60. The number of ether oxygens (including phenoxy) is 2. The van der Waals surface area contributed by atoms with Gasteiger partial charge in [0.2, 0.25) is 5.91 Å². The van der Waals surface area contributed by atoms with Crippen molar-refractivity contribution in [2.75, 3.05) is 26.8 Å². The number of nitrogens with one attached hydrogen (secondary N) is 2. The Morgan fingerprint density at radius 1 is 1.28 bits per heavy atom. The zero-order chi connectivity index (χ0) is 17.6. The van der Waals surface area contributed by atoms with Crippen LogP contribution >= 0.6 is 12.4 Å². The van der Waals surface area contributed by atoms with Gasteiger partial charge in [0.15, 0.2) is 0 Å².